The second-order valence-corrected chi connectivity index (χ2v) is 7.30. The molecule has 1 fully saturated rings. The molecule has 3 heteroatoms. The smallest absolute Gasteiger partial charge is 0.123 e. The molecule has 1 aromatic rings. The Morgan fingerprint density at radius 3 is 2.57 bits per heavy atom. The summed E-state index contributed by atoms with van der Waals surface area (Å²) in [6.07, 6.45) is 5.04. The molecular weight excluding hydrogens is 265 g/mol. The van der Waals surface area contributed by atoms with Crippen LogP contribution in [-0.4, -0.2) is 30.2 Å². The molecule has 0 saturated heterocycles. The summed E-state index contributed by atoms with van der Waals surface area (Å²) < 4.78 is 13.4. The van der Waals surface area contributed by atoms with Crippen molar-refractivity contribution >= 4 is 0 Å². The zero-order valence-electron chi connectivity index (χ0n) is 13.5. The summed E-state index contributed by atoms with van der Waals surface area (Å²) in [6, 6.07) is 6.47. The lowest BCUT2D eigenvalue weighted by molar-refractivity contribution is 0.103. The zero-order chi connectivity index (χ0) is 15.5. The maximum Gasteiger partial charge on any atom is 0.123 e. The molecule has 0 amide bonds. The fourth-order valence-electron chi connectivity index (χ4n) is 3.39. The molecule has 118 valence electrons. The number of aliphatic hydroxyl groups is 1. The fraction of sp³-hybridized carbons (Fsp3) is 0.667. The highest BCUT2D eigenvalue weighted by Crippen LogP contribution is 2.38. The number of hydrogen-bond acceptors (Lipinski definition) is 2. The molecule has 2 nitrogen and oxygen atoms in total. The molecule has 1 aliphatic rings. The van der Waals surface area contributed by atoms with Crippen LogP contribution in [0.2, 0.25) is 0 Å². The van der Waals surface area contributed by atoms with Crippen LogP contribution in [-0.2, 0) is 0 Å². The van der Waals surface area contributed by atoms with Crippen molar-refractivity contribution in [2.75, 3.05) is 20.2 Å². The van der Waals surface area contributed by atoms with Crippen LogP contribution < -0.4 is 0 Å². The first-order valence-corrected chi connectivity index (χ1v) is 7.98. The van der Waals surface area contributed by atoms with Gasteiger partial charge < -0.3 is 5.11 Å². The number of hydrogen-bond donors (Lipinski definition) is 1. The first-order chi connectivity index (χ1) is 9.91. The second kappa shape index (κ2) is 6.89. The zero-order valence-corrected chi connectivity index (χ0v) is 13.5. The quantitative estimate of drug-likeness (QED) is 0.886. The molecule has 0 heterocycles. The summed E-state index contributed by atoms with van der Waals surface area (Å²) in [5.41, 5.74) is 1.34. The highest BCUT2D eigenvalue weighted by Gasteiger charge is 2.28. The summed E-state index contributed by atoms with van der Waals surface area (Å²) in [6.45, 7) is 5.68. The minimum atomic E-state index is -0.237. The van der Waals surface area contributed by atoms with Crippen molar-refractivity contribution < 1.29 is 9.50 Å². The van der Waals surface area contributed by atoms with E-state index in [0.717, 1.165) is 12.1 Å². The third kappa shape index (κ3) is 4.52. The third-order valence-corrected chi connectivity index (χ3v) is 4.94. The van der Waals surface area contributed by atoms with E-state index in [9.17, 15) is 9.50 Å². The van der Waals surface area contributed by atoms with E-state index in [-0.39, 0.29) is 18.5 Å². The van der Waals surface area contributed by atoms with E-state index in [2.05, 4.69) is 18.7 Å². The number of nitrogens with zero attached hydrogens (tertiary/aromatic N) is 1. The standard InChI is InChI=1S/C18H28FNO/c1-18(2)9-7-14(8-10-18)12-20(3)17(13-21)15-5-4-6-16(19)11-15/h4-6,11,14,17,21H,7-10,12-13H2,1-3H3. The van der Waals surface area contributed by atoms with Crippen molar-refractivity contribution in [1.82, 2.24) is 4.90 Å². The summed E-state index contributed by atoms with van der Waals surface area (Å²) in [5.74, 6) is 0.449. The van der Waals surface area contributed by atoms with Gasteiger partial charge in [0.2, 0.25) is 0 Å². The molecule has 2 rings (SSSR count). The second-order valence-electron chi connectivity index (χ2n) is 7.30. The lowest BCUT2D eigenvalue weighted by Crippen LogP contribution is -2.34. The number of benzene rings is 1. The fourth-order valence-corrected chi connectivity index (χ4v) is 3.39. The van der Waals surface area contributed by atoms with Gasteiger partial charge in [0.25, 0.3) is 0 Å². The molecule has 0 aliphatic heterocycles. The SMILES string of the molecule is CN(CC1CCC(C)(C)CC1)C(CO)c1cccc(F)c1. The van der Waals surface area contributed by atoms with Crippen molar-refractivity contribution in [2.45, 2.75) is 45.6 Å². The maximum atomic E-state index is 13.4. The van der Waals surface area contributed by atoms with Crippen molar-refractivity contribution in [3.05, 3.63) is 35.6 Å². The molecular formula is C18H28FNO. The van der Waals surface area contributed by atoms with Gasteiger partial charge in [-0.3, -0.25) is 4.90 Å². The largest absolute Gasteiger partial charge is 0.394 e. The summed E-state index contributed by atoms with van der Waals surface area (Å²) >= 11 is 0. The van der Waals surface area contributed by atoms with Gasteiger partial charge in [0, 0.05) is 6.54 Å². The minimum Gasteiger partial charge on any atom is -0.394 e. The average Bonchev–Trinajstić information content (AvgIpc) is 2.42. The Balaban J connectivity index is 1.96. The molecule has 1 aliphatic carbocycles. The van der Waals surface area contributed by atoms with Crippen LogP contribution in [0.3, 0.4) is 0 Å². The molecule has 0 spiro atoms. The van der Waals surface area contributed by atoms with Gasteiger partial charge in [0.15, 0.2) is 0 Å². The Bertz CT molecular complexity index is 450. The minimum absolute atomic E-state index is 0.0260. The van der Waals surface area contributed by atoms with Crippen LogP contribution in [0.5, 0.6) is 0 Å². The topological polar surface area (TPSA) is 23.5 Å². The van der Waals surface area contributed by atoms with Crippen LogP contribution in [0.1, 0.15) is 51.1 Å². The molecule has 1 N–H and O–H groups in total. The molecule has 21 heavy (non-hydrogen) atoms. The molecule has 0 bridgehead atoms. The highest BCUT2D eigenvalue weighted by atomic mass is 19.1. The molecule has 0 radical (unpaired) electrons. The van der Waals surface area contributed by atoms with Gasteiger partial charge in [-0.15, -0.1) is 0 Å². The van der Waals surface area contributed by atoms with Gasteiger partial charge in [-0.2, -0.15) is 0 Å². The Kier molecular flexibility index (Phi) is 5.39. The molecule has 0 aromatic heterocycles. The van der Waals surface area contributed by atoms with Gasteiger partial charge in [0.1, 0.15) is 5.82 Å². The lowest BCUT2D eigenvalue weighted by Gasteiger charge is -2.37. The van der Waals surface area contributed by atoms with Gasteiger partial charge in [0.05, 0.1) is 12.6 Å². The predicted octanol–water partition coefficient (Wildman–Crippen LogP) is 4.01. The van der Waals surface area contributed by atoms with Crippen molar-refractivity contribution in [1.29, 1.82) is 0 Å². The van der Waals surface area contributed by atoms with E-state index in [1.165, 1.54) is 37.8 Å². The van der Waals surface area contributed by atoms with E-state index in [0.29, 0.717) is 11.3 Å². The summed E-state index contributed by atoms with van der Waals surface area (Å²) in [4.78, 5) is 2.18. The van der Waals surface area contributed by atoms with E-state index in [1.54, 1.807) is 6.07 Å². The first kappa shape index (κ1) is 16.4. The average molecular weight is 293 g/mol. The van der Waals surface area contributed by atoms with Gasteiger partial charge in [-0.05, 0) is 61.8 Å². The van der Waals surface area contributed by atoms with E-state index >= 15 is 0 Å². The van der Waals surface area contributed by atoms with Crippen molar-refractivity contribution in [3.63, 3.8) is 0 Å². The van der Waals surface area contributed by atoms with Crippen LogP contribution in [0.15, 0.2) is 24.3 Å². The number of likely N-dealkylation sites (N-methyl/N-ethyl adjacent to an activating group) is 1. The Morgan fingerprint density at radius 1 is 1.33 bits per heavy atom. The summed E-state index contributed by atoms with van der Waals surface area (Å²) in [5, 5.41) is 9.69. The Hall–Kier alpha value is -0.930. The van der Waals surface area contributed by atoms with Gasteiger partial charge in [-0.25, -0.2) is 4.39 Å². The Morgan fingerprint density at radius 2 is 2.00 bits per heavy atom. The predicted molar refractivity (Wildman–Crippen MR) is 84.6 cm³/mol. The lowest BCUT2D eigenvalue weighted by atomic mass is 9.73. The van der Waals surface area contributed by atoms with E-state index in [4.69, 9.17) is 0 Å². The summed E-state index contributed by atoms with van der Waals surface area (Å²) in [7, 11) is 2.03. The Labute approximate surface area is 128 Å². The number of aliphatic hydroxyl groups excluding tert-OH is 1. The van der Waals surface area contributed by atoms with Crippen LogP contribution >= 0.6 is 0 Å². The van der Waals surface area contributed by atoms with Crippen LogP contribution in [0, 0.1) is 17.2 Å². The molecule has 1 atom stereocenters. The highest BCUT2D eigenvalue weighted by molar-refractivity contribution is 5.20. The van der Waals surface area contributed by atoms with Crippen molar-refractivity contribution in [2.24, 2.45) is 11.3 Å². The molecule has 1 saturated carbocycles. The molecule has 1 unspecified atom stereocenters. The van der Waals surface area contributed by atoms with Gasteiger partial charge in [-0.1, -0.05) is 26.0 Å². The number of rotatable bonds is 5. The molecule has 1 aromatic carbocycles. The van der Waals surface area contributed by atoms with E-state index < -0.39 is 0 Å². The van der Waals surface area contributed by atoms with Crippen LogP contribution in [0.25, 0.3) is 0 Å². The maximum absolute atomic E-state index is 13.4. The first-order valence-electron chi connectivity index (χ1n) is 7.98. The number of halogens is 1. The van der Waals surface area contributed by atoms with Gasteiger partial charge >= 0.3 is 0 Å². The monoisotopic (exact) mass is 293 g/mol. The normalized spacial score (nSPS) is 20.7. The third-order valence-electron chi connectivity index (χ3n) is 4.94. The van der Waals surface area contributed by atoms with Crippen LogP contribution in [0.4, 0.5) is 4.39 Å². The van der Waals surface area contributed by atoms with Crippen molar-refractivity contribution in [3.8, 4) is 0 Å². The van der Waals surface area contributed by atoms with E-state index in [1.807, 2.05) is 13.1 Å².